The van der Waals surface area contributed by atoms with Crippen molar-refractivity contribution in [2.24, 2.45) is 0 Å². The fourth-order valence-corrected chi connectivity index (χ4v) is 4.63. The van der Waals surface area contributed by atoms with Crippen molar-refractivity contribution in [2.45, 2.75) is 12.8 Å². The van der Waals surface area contributed by atoms with Crippen molar-refractivity contribution in [1.82, 2.24) is 10.4 Å². The number of para-hydroxylation sites is 1. The number of nitrogens with zero attached hydrogens (tertiary/aromatic N) is 2. The second-order valence-electron chi connectivity index (χ2n) is 5.62. The number of hydrogen-bond donors (Lipinski definition) is 1. The van der Waals surface area contributed by atoms with Crippen molar-refractivity contribution < 1.29 is 13.9 Å². The van der Waals surface area contributed by atoms with E-state index in [0.29, 0.717) is 27.7 Å². The standard InChI is InChI=1S/C17H17ClFN3O2S3/c1-26-22(17(25)21-9-5-4-8-20-21)13-7-3-2-6-11(13)15(23)24-16-12(18)10-14(19)27-16/h2-3,6-7,10,20H,4-5,8-9H2,1H3. The average Bonchev–Trinajstić information content (AvgIpc) is 3.00. The highest BCUT2D eigenvalue weighted by Crippen LogP contribution is 2.35. The summed E-state index contributed by atoms with van der Waals surface area (Å²) < 4.78 is 20.4. The summed E-state index contributed by atoms with van der Waals surface area (Å²) >= 11 is 13.6. The number of ether oxygens (including phenoxy) is 1. The van der Waals surface area contributed by atoms with Crippen molar-refractivity contribution in [2.75, 3.05) is 23.7 Å². The van der Waals surface area contributed by atoms with E-state index in [4.69, 9.17) is 28.6 Å². The number of nitrogens with one attached hydrogen (secondary N) is 1. The fraction of sp³-hybridized carbons (Fsp3) is 0.294. The van der Waals surface area contributed by atoms with Crippen LogP contribution in [-0.2, 0) is 0 Å². The first kappa shape index (κ1) is 20.3. The molecule has 27 heavy (non-hydrogen) atoms. The molecule has 1 aliphatic heterocycles. The highest BCUT2D eigenvalue weighted by atomic mass is 35.5. The summed E-state index contributed by atoms with van der Waals surface area (Å²) in [6, 6.07) is 8.10. The van der Waals surface area contributed by atoms with Crippen molar-refractivity contribution in [3.05, 3.63) is 46.0 Å². The lowest BCUT2D eigenvalue weighted by molar-refractivity contribution is 0.0741. The molecule has 0 radical (unpaired) electrons. The lowest BCUT2D eigenvalue weighted by Crippen LogP contribution is -2.51. The van der Waals surface area contributed by atoms with E-state index in [9.17, 15) is 9.18 Å². The van der Waals surface area contributed by atoms with Gasteiger partial charge in [-0.2, -0.15) is 4.39 Å². The van der Waals surface area contributed by atoms with Crippen LogP contribution in [0.5, 0.6) is 5.06 Å². The molecule has 1 aromatic heterocycles. The predicted octanol–water partition coefficient (Wildman–Crippen LogP) is 4.73. The maximum Gasteiger partial charge on any atom is 0.346 e. The van der Waals surface area contributed by atoms with Crippen LogP contribution in [0.4, 0.5) is 10.1 Å². The lowest BCUT2D eigenvalue weighted by Gasteiger charge is -2.35. The normalized spacial score (nSPS) is 14.1. The van der Waals surface area contributed by atoms with Crippen LogP contribution in [0.3, 0.4) is 0 Å². The van der Waals surface area contributed by atoms with E-state index < -0.39 is 11.1 Å². The average molecular weight is 446 g/mol. The van der Waals surface area contributed by atoms with Crippen LogP contribution >= 0.6 is 47.1 Å². The van der Waals surface area contributed by atoms with Crippen LogP contribution < -0.4 is 14.5 Å². The van der Waals surface area contributed by atoms with Crippen LogP contribution in [0.15, 0.2) is 30.3 Å². The number of benzene rings is 1. The van der Waals surface area contributed by atoms with Crippen LogP contribution in [0.1, 0.15) is 23.2 Å². The molecule has 1 fully saturated rings. The Morgan fingerprint density at radius 2 is 2.22 bits per heavy atom. The van der Waals surface area contributed by atoms with Crippen molar-refractivity contribution >= 4 is 63.9 Å². The topological polar surface area (TPSA) is 44.8 Å². The van der Waals surface area contributed by atoms with Crippen LogP contribution in [0, 0.1) is 5.13 Å². The van der Waals surface area contributed by atoms with Gasteiger partial charge in [-0.15, -0.1) is 0 Å². The van der Waals surface area contributed by atoms with Crippen LogP contribution in [-0.4, -0.2) is 35.4 Å². The molecule has 2 aromatic rings. The Bertz CT molecular complexity index is 843. The molecular weight excluding hydrogens is 429 g/mol. The number of thiocarbonyl (C=S) groups is 1. The van der Waals surface area contributed by atoms with E-state index in [1.165, 1.54) is 11.9 Å². The third-order valence-corrected chi connectivity index (χ3v) is 6.30. The summed E-state index contributed by atoms with van der Waals surface area (Å²) in [6.45, 7) is 1.65. The van der Waals surface area contributed by atoms with Crippen LogP contribution in [0.25, 0.3) is 0 Å². The monoisotopic (exact) mass is 445 g/mol. The first-order chi connectivity index (χ1) is 13.0. The Morgan fingerprint density at radius 3 is 2.85 bits per heavy atom. The molecule has 5 nitrogen and oxygen atoms in total. The van der Waals surface area contributed by atoms with E-state index in [2.05, 4.69) is 5.43 Å². The molecule has 0 spiro atoms. The second-order valence-corrected chi connectivity index (χ2v) is 8.09. The molecule has 1 aliphatic rings. The zero-order chi connectivity index (χ0) is 19.4. The van der Waals surface area contributed by atoms with Gasteiger partial charge in [0.05, 0.1) is 16.3 Å². The molecule has 0 atom stereocenters. The minimum absolute atomic E-state index is 0.0324. The molecule has 3 rings (SSSR count). The molecule has 1 saturated heterocycles. The number of rotatable bonds is 4. The Morgan fingerprint density at radius 1 is 1.44 bits per heavy atom. The van der Waals surface area contributed by atoms with Gasteiger partial charge in [-0.3, -0.25) is 9.31 Å². The third-order valence-electron chi connectivity index (χ3n) is 3.85. The van der Waals surface area contributed by atoms with Gasteiger partial charge >= 0.3 is 5.97 Å². The van der Waals surface area contributed by atoms with Gasteiger partial charge in [-0.05, 0) is 49.1 Å². The predicted molar refractivity (Wildman–Crippen MR) is 113 cm³/mol. The van der Waals surface area contributed by atoms with Crippen molar-refractivity contribution in [3.8, 4) is 5.06 Å². The summed E-state index contributed by atoms with van der Waals surface area (Å²) in [5.41, 5.74) is 4.18. The van der Waals surface area contributed by atoms with Gasteiger partial charge in [0.15, 0.2) is 5.13 Å². The molecule has 10 heteroatoms. The molecule has 0 amide bonds. The number of carbonyl (C=O) groups is 1. The molecule has 1 aromatic carbocycles. The highest BCUT2D eigenvalue weighted by Gasteiger charge is 2.25. The molecular formula is C17H17ClFN3O2S3. The number of hydrazine groups is 1. The van der Waals surface area contributed by atoms with Gasteiger partial charge in [0.1, 0.15) is 0 Å². The summed E-state index contributed by atoms with van der Waals surface area (Å²) in [6.07, 6.45) is 4.02. The van der Waals surface area contributed by atoms with E-state index in [1.807, 2.05) is 17.3 Å². The maximum atomic E-state index is 13.3. The third kappa shape index (κ3) is 4.72. The minimum Gasteiger partial charge on any atom is -0.410 e. The molecule has 1 N–H and O–H groups in total. The smallest absolute Gasteiger partial charge is 0.346 e. The molecule has 0 saturated carbocycles. The van der Waals surface area contributed by atoms with Gasteiger partial charge in [-0.25, -0.2) is 10.2 Å². The number of carbonyl (C=O) groups excluding carboxylic acids is 1. The first-order valence-corrected chi connectivity index (χ1v) is 10.9. The van der Waals surface area contributed by atoms with Gasteiger partial charge in [0, 0.05) is 25.4 Å². The van der Waals surface area contributed by atoms with Gasteiger partial charge in [0.25, 0.3) is 0 Å². The first-order valence-electron chi connectivity index (χ1n) is 8.16. The van der Waals surface area contributed by atoms with E-state index in [-0.39, 0.29) is 10.1 Å². The molecule has 0 aliphatic carbocycles. The Kier molecular flexibility index (Phi) is 6.93. The Balaban J connectivity index is 1.86. The molecule has 2 heterocycles. The Hall–Kier alpha value is -1.39. The van der Waals surface area contributed by atoms with Gasteiger partial charge in [0.2, 0.25) is 10.2 Å². The number of thiophene rings is 1. The second kappa shape index (κ2) is 9.20. The fourth-order valence-electron chi connectivity index (χ4n) is 2.60. The quantitative estimate of drug-likeness (QED) is 0.414. The van der Waals surface area contributed by atoms with Crippen molar-refractivity contribution in [1.29, 1.82) is 0 Å². The lowest BCUT2D eigenvalue weighted by atomic mass is 10.2. The zero-order valence-corrected chi connectivity index (χ0v) is 17.6. The number of hydrogen-bond acceptors (Lipinski definition) is 6. The minimum atomic E-state index is -0.622. The van der Waals surface area contributed by atoms with Gasteiger partial charge in [-0.1, -0.05) is 35.1 Å². The van der Waals surface area contributed by atoms with E-state index in [1.54, 1.807) is 22.5 Å². The highest BCUT2D eigenvalue weighted by molar-refractivity contribution is 8.01. The van der Waals surface area contributed by atoms with Crippen molar-refractivity contribution in [3.63, 3.8) is 0 Å². The Labute approximate surface area is 175 Å². The molecule has 144 valence electrons. The SMILES string of the molecule is CSN(C(=S)N1CCCCN1)c1ccccc1C(=O)Oc1sc(F)cc1Cl. The number of halogens is 2. The molecule has 0 bridgehead atoms. The molecule has 0 unspecified atom stereocenters. The van der Waals surface area contributed by atoms with E-state index >= 15 is 0 Å². The van der Waals surface area contributed by atoms with E-state index in [0.717, 1.165) is 32.0 Å². The number of anilines is 1. The summed E-state index contributed by atoms with van der Waals surface area (Å²) in [5.74, 6) is -0.622. The summed E-state index contributed by atoms with van der Waals surface area (Å²) in [4.78, 5) is 12.7. The summed E-state index contributed by atoms with van der Waals surface area (Å²) in [7, 11) is 0. The summed E-state index contributed by atoms with van der Waals surface area (Å²) in [5, 5.41) is 2.05. The zero-order valence-electron chi connectivity index (χ0n) is 14.4. The van der Waals surface area contributed by atoms with Crippen LogP contribution in [0.2, 0.25) is 5.02 Å². The van der Waals surface area contributed by atoms with Gasteiger partial charge < -0.3 is 4.74 Å². The maximum absolute atomic E-state index is 13.3. The number of esters is 1. The largest absolute Gasteiger partial charge is 0.410 e.